The first kappa shape index (κ1) is 21.3. The molecule has 0 bridgehead atoms. The molecular weight excluding hydrogens is 422 g/mol. The molecule has 4 rings (SSSR count). The molecule has 2 aliphatic rings. The van der Waals surface area contributed by atoms with Gasteiger partial charge in [-0.2, -0.15) is 0 Å². The highest BCUT2D eigenvalue weighted by Crippen LogP contribution is 2.20. The third-order valence-electron chi connectivity index (χ3n) is 5.86. The van der Waals surface area contributed by atoms with Crippen LogP contribution in [0.5, 0.6) is 0 Å². The minimum Gasteiger partial charge on any atom is -0.448 e. The number of urea groups is 1. The zero-order valence-electron chi connectivity index (χ0n) is 17.4. The number of aromatic nitrogens is 1. The Balaban J connectivity index is 1.30. The lowest BCUT2D eigenvalue weighted by Gasteiger charge is -2.38. The topological polar surface area (TPSA) is 98.0 Å². The van der Waals surface area contributed by atoms with E-state index in [9.17, 15) is 14.4 Å². The molecule has 1 aromatic heterocycles. The standard InChI is InChI=1S/C21H26ClN5O4/c1-25(20(29)23-11-16-10-14-9-15(22)4-5-18(14)24-16)17-3-2-6-26(12-17)19(28)13-27-7-8-31-21(27)30/h4-5,9-10,17,24H,2-3,6-8,11-13H2,1H3,(H,23,29). The fourth-order valence-corrected chi connectivity index (χ4v) is 4.23. The third-order valence-corrected chi connectivity index (χ3v) is 6.09. The lowest BCUT2D eigenvalue weighted by molar-refractivity contribution is -0.133. The second-order valence-corrected chi connectivity index (χ2v) is 8.40. The fraction of sp³-hybridized carbons (Fsp3) is 0.476. The lowest BCUT2D eigenvalue weighted by Crippen LogP contribution is -2.53. The number of aromatic amines is 1. The highest BCUT2D eigenvalue weighted by Gasteiger charge is 2.31. The number of ether oxygens (including phenoxy) is 1. The first-order chi connectivity index (χ1) is 14.9. The number of hydrogen-bond donors (Lipinski definition) is 2. The summed E-state index contributed by atoms with van der Waals surface area (Å²) >= 11 is 6.03. The molecule has 31 heavy (non-hydrogen) atoms. The summed E-state index contributed by atoms with van der Waals surface area (Å²) in [5.74, 6) is -0.117. The van der Waals surface area contributed by atoms with E-state index >= 15 is 0 Å². The molecule has 0 aliphatic carbocycles. The molecule has 3 heterocycles. The van der Waals surface area contributed by atoms with Crippen molar-refractivity contribution in [3.8, 4) is 0 Å². The van der Waals surface area contributed by atoms with Gasteiger partial charge in [0.1, 0.15) is 13.2 Å². The number of halogens is 1. The van der Waals surface area contributed by atoms with Crippen molar-refractivity contribution in [2.45, 2.75) is 25.4 Å². The van der Waals surface area contributed by atoms with Gasteiger partial charge in [0.25, 0.3) is 0 Å². The van der Waals surface area contributed by atoms with Crippen molar-refractivity contribution in [1.82, 2.24) is 25.0 Å². The number of piperidine rings is 1. The van der Waals surface area contributed by atoms with Crippen molar-refractivity contribution in [3.05, 3.63) is 35.0 Å². The second kappa shape index (κ2) is 9.05. The highest BCUT2D eigenvalue weighted by molar-refractivity contribution is 6.31. The predicted octanol–water partition coefficient (Wildman–Crippen LogP) is 2.41. The van der Waals surface area contributed by atoms with Gasteiger partial charge in [-0.05, 0) is 37.1 Å². The van der Waals surface area contributed by atoms with Crippen LogP contribution in [0.3, 0.4) is 0 Å². The van der Waals surface area contributed by atoms with Crippen molar-refractivity contribution in [2.75, 3.05) is 39.8 Å². The van der Waals surface area contributed by atoms with Crippen molar-refractivity contribution in [2.24, 2.45) is 0 Å². The van der Waals surface area contributed by atoms with E-state index in [0.29, 0.717) is 37.8 Å². The zero-order chi connectivity index (χ0) is 22.0. The number of likely N-dealkylation sites (N-methyl/N-ethyl adjacent to an activating group) is 1. The van der Waals surface area contributed by atoms with Crippen LogP contribution in [-0.2, 0) is 16.1 Å². The summed E-state index contributed by atoms with van der Waals surface area (Å²) < 4.78 is 4.88. The average Bonchev–Trinajstić information content (AvgIpc) is 3.36. The molecule has 1 unspecified atom stereocenters. The Labute approximate surface area is 185 Å². The Bertz CT molecular complexity index is 993. The SMILES string of the molecule is CN(C(=O)NCc1cc2cc(Cl)ccc2[nH]1)C1CCCN(C(=O)CN2CCOC2=O)C1. The van der Waals surface area contributed by atoms with Crippen LogP contribution in [0.4, 0.5) is 9.59 Å². The first-order valence-electron chi connectivity index (χ1n) is 10.4. The molecule has 9 nitrogen and oxygen atoms in total. The third kappa shape index (κ3) is 4.87. The second-order valence-electron chi connectivity index (χ2n) is 7.97. The largest absolute Gasteiger partial charge is 0.448 e. The molecule has 1 atom stereocenters. The number of nitrogens with one attached hydrogen (secondary N) is 2. The summed E-state index contributed by atoms with van der Waals surface area (Å²) in [6, 6.07) is 7.29. The van der Waals surface area contributed by atoms with Crippen LogP contribution in [0, 0.1) is 0 Å². The number of benzene rings is 1. The van der Waals surface area contributed by atoms with Crippen LogP contribution in [0.25, 0.3) is 10.9 Å². The number of amides is 4. The number of H-pyrrole nitrogens is 1. The summed E-state index contributed by atoms with van der Waals surface area (Å²) in [5.41, 5.74) is 1.85. The van der Waals surface area contributed by atoms with Gasteiger partial charge in [0.2, 0.25) is 5.91 Å². The summed E-state index contributed by atoms with van der Waals surface area (Å²) in [7, 11) is 1.75. The van der Waals surface area contributed by atoms with E-state index in [1.807, 2.05) is 24.3 Å². The molecule has 0 spiro atoms. The quantitative estimate of drug-likeness (QED) is 0.735. The zero-order valence-corrected chi connectivity index (χ0v) is 18.2. The van der Waals surface area contributed by atoms with Gasteiger partial charge in [0.05, 0.1) is 19.1 Å². The number of hydrogen-bond acceptors (Lipinski definition) is 4. The van der Waals surface area contributed by atoms with Gasteiger partial charge in [0.15, 0.2) is 0 Å². The average molecular weight is 448 g/mol. The van der Waals surface area contributed by atoms with Crippen LogP contribution >= 0.6 is 11.6 Å². The molecule has 2 aromatic rings. The highest BCUT2D eigenvalue weighted by atomic mass is 35.5. The molecular formula is C21H26ClN5O4. The van der Waals surface area contributed by atoms with Gasteiger partial charge >= 0.3 is 12.1 Å². The summed E-state index contributed by atoms with van der Waals surface area (Å²) in [4.78, 5) is 44.9. The van der Waals surface area contributed by atoms with E-state index in [4.69, 9.17) is 16.3 Å². The first-order valence-corrected chi connectivity index (χ1v) is 10.8. The van der Waals surface area contributed by atoms with Crippen molar-refractivity contribution < 1.29 is 19.1 Å². The Morgan fingerprint density at radius 3 is 2.94 bits per heavy atom. The van der Waals surface area contributed by atoms with E-state index < -0.39 is 6.09 Å². The number of carbonyl (C=O) groups excluding carboxylic acids is 3. The van der Waals surface area contributed by atoms with E-state index in [1.165, 1.54) is 4.90 Å². The summed E-state index contributed by atoms with van der Waals surface area (Å²) in [5, 5.41) is 4.59. The monoisotopic (exact) mass is 447 g/mol. The molecule has 2 fully saturated rings. The van der Waals surface area contributed by atoms with Gasteiger partial charge in [-0.25, -0.2) is 9.59 Å². The van der Waals surface area contributed by atoms with Crippen LogP contribution in [0.2, 0.25) is 5.02 Å². The molecule has 10 heteroatoms. The maximum atomic E-state index is 12.7. The molecule has 2 aliphatic heterocycles. The molecule has 2 saturated heterocycles. The summed E-state index contributed by atoms with van der Waals surface area (Å²) in [6.07, 6.45) is 1.18. The minimum atomic E-state index is -0.447. The van der Waals surface area contributed by atoms with Crippen LogP contribution in [-0.4, -0.2) is 83.6 Å². The molecule has 0 saturated carbocycles. The number of rotatable bonds is 5. The maximum Gasteiger partial charge on any atom is 0.410 e. The number of fused-ring (bicyclic) bond motifs is 1. The van der Waals surface area contributed by atoms with Crippen molar-refractivity contribution in [3.63, 3.8) is 0 Å². The Morgan fingerprint density at radius 2 is 2.16 bits per heavy atom. The number of cyclic esters (lactones) is 1. The van der Waals surface area contributed by atoms with Crippen molar-refractivity contribution in [1.29, 1.82) is 0 Å². The van der Waals surface area contributed by atoms with E-state index in [0.717, 1.165) is 29.4 Å². The van der Waals surface area contributed by atoms with Crippen LogP contribution < -0.4 is 5.32 Å². The molecule has 1 aromatic carbocycles. The number of likely N-dealkylation sites (tertiary alicyclic amines) is 1. The minimum absolute atomic E-state index is 0.0197. The molecule has 4 amide bonds. The normalized spacial score (nSPS) is 18.9. The van der Waals surface area contributed by atoms with E-state index in [2.05, 4.69) is 10.3 Å². The van der Waals surface area contributed by atoms with Crippen LogP contribution in [0.15, 0.2) is 24.3 Å². The van der Waals surface area contributed by atoms with Gasteiger partial charge in [-0.3, -0.25) is 9.69 Å². The fourth-order valence-electron chi connectivity index (χ4n) is 4.05. The van der Waals surface area contributed by atoms with Gasteiger partial charge < -0.3 is 24.8 Å². The molecule has 166 valence electrons. The smallest absolute Gasteiger partial charge is 0.410 e. The Kier molecular flexibility index (Phi) is 6.22. The van der Waals surface area contributed by atoms with Gasteiger partial charge in [0, 0.05) is 41.8 Å². The van der Waals surface area contributed by atoms with Crippen LogP contribution in [0.1, 0.15) is 18.5 Å². The lowest BCUT2D eigenvalue weighted by atomic mass is 10.0. The number of nitrogens with zero attached hydrogens (tertiary/aromatic N) is 3. The van der Waals surface area contributed by atoms with Gasteiger partial charge in [-0.1, -0.05) is 11.6 Å². The number of carbonyl (C=O) groups is 3. The molecule has 0 radical (unpaired) electrons. The Morgan fingerprint density at radius 1 is 1.32 bits per heavy atom. The Hall–Kier alpha value is -2.94. The van der Waals surface area contributed by atoms with E-state index in [-0.39, 0.29) is 24.5 Å². The molecule has 2 N–H and O–H groups in total. The predicted molar refractivity (Wildman–Crippen MR) is 116 cm³/mol. The van der Waals surface area contributed by atoms with E-state index in [1.54, 1.807) is 16.8 Å². The summed E-state index contributed by atoms with van der Waals surface area (Å²) in [6.45, 7) is 2.22. The van der Waals surface area contributed by atoms with Crippen molar-refractivity contribution >= 4 is 40.5 Å². The van der Waals surface area contributed by atoms with Gasteiger partial charge in [-0.15, -0.1) is 0 Å². The maximum absolute atomic E-state index is 12.7.